The van der Waals surface area contributed by atoms with Crippen LogP contribution in [0.1, 0.15) is 69.4 Å². The number of benzene rings is 1. The summed E-state index contributed by atoms with van der Waals surface area (Å²) in [6.07, 6.45) is 0.0491. The smallest absolute Gasteiger partial charge is 0.306 e. The van der Waals surface area contributed by atoms with Gasteiger partial charge in [-0.15, -0.1) is 0 Å². The standard InChI is InChI=1S/C19H26O3/c1-11(17(21)22)9-16(20)13-7-8-14-15(10-13)19(5,6)12(2)18(14,3)4/h7-8,10-12H,9H2,1-6H3,(H,21,22). The number of carboxylic acid groups (broad SMARTS) is 1. The first-order valence-corrected chi connectivity index (χ1v) is 7.90. The number of aliphatic carboxylic acids is 1. The minimum absolute atomic E-state index is 0.00748. The molecule has 3 nitrogen and oxygen atoms in total. The van der Waals surface area contributed by atoms with Crippen molar-refractivity contribution in [1.82, 2.24) is 0 Å². The Morgan fingerprint density at radius 2 is 1.68 bits per heavy atom. The van der Waals surface area contributed by atoms with Crippen LogP contribution in [0.3, 0.4) is 0 Å². The van der Waals surface area contributed by atoms with Gasteiger partial charge in [-0.25, -0.2) is 0 Å². The van der Waals surface area contributed by atoms with Gasteiger partial charge in [-0.2, -0.15) is 0 Å². The minimum atomic E-state index is -0.926. The molecule has 0 aliphatic heterocycles. The van der Waals surface area contributed by atoms with E-state index in [1.807, 2.05) is 12.1 Å². The summed E-state index contributed by atoms with van der Waals surface area (Å²) in [5, 5.41) is 8.97. The molecular formula is C19H26O3. The predicted octanol–water partition coefficient (Wildman–Crippen LogP) is 4.19. The van der Waals surface area contributed by atoms with E-state index in [2.05, 4.69) is 40.7 Å². The summed E-state index contributed by atoms with van der Waals surface area (Å²) in [6, 6.07) is 5.89. The Hall–Kier alpha value is -1.64. The SMILES string of the molecule is CC(CC(=O)c1ccc2c(c1)C(C)(C)C(C)C2(C)C)C(=O)O. The number of fused-ring (bicyclic) bond motifs is 1. The summed E-state index contributed by atoms with van der Waals surface area (Å²) in [5.41, 5.74) is 3.24. The number of hydrogen-bond acceptors (Lipinski definition) is 2. The average molecular weight is 302 g/mol. The maximum absolute atomic E-state index is 12.3. The van der Waals surface area contributed by atoms with Crippen LogP contribution in [0, 0.1) is 11.8 Å². The van der Waals surface area contributed by atoms with Gasteiger partial charge < -0.3 is 5.11 Å². The number of carboxylic acids is 1. The fraction of sp³-hybridized carbons (Fsp3) is 0.579. The van der Waals surface area contributed by atoms with Gasteiger partial charge in [-0.1, -0.05) is 53.7 Å². The zero-order valence-corrected chi connectivity index (χ0v) is 14.4. The first kappa shape index (κ1) is 16.7. The fourth-order valence-corrected chi connectivity index (χ4v) is 3.66. The van der Waals surface area contributed by atoms with E-state index in [9.17, 15) is 9.59 Å². The number of carbonyl (C=O) groups is 2. The second kappa shape index (κ2) is 5.22. The Bertz CT molecular complexity index is 626. The van der Waals surface area contributed by atoms with Crippen LogP contribution < -0.4 is 0 Å². The van der Waals surface area contributed by atoms with Crippen LogP contribution in [-0.2, 0) is 15.6 Å². The lowest BCUT2D eigenvalue weighted by molar-refractivity contribution is -0.141. The van der Waals surface area contributed by atoms with Crippen molar-refractivity contribution in [3.8, 4) is 0 Å². The van der Waals surface area contributed by atoms with Crippen molar-refractivity contribution in [3.63, 3.8) is 0 Å². The molecule has 0 saturated carbocycles. The van der Waals surface area contributed by atoms with E-state index < -0.39 is 11.9 Å². The molecule has 0 radical (unpaired) electrons. The quantitative estimate of drug-likeness (QED) is 0.849. The second-order valence-corrected chi connectivity index (χ2v) is 7.79. The first-order chi connectivity index (χ1) is 9.99. The summed E-state index contributed by atoms with van der Waals surface area (Å²) >= 11 is 0. The summed E-state index contributed by atoms with van der Waals surface area (Å²) in [4.78, 5) is 23.3. The lowest BCUT2D eigenvalue weighted by atomic mass is 9.71. The molecule has 1 N–H and O–H groups in total. The molecule has 0 saturated heterocycles. The molecule has 1 aromatic rings. The number of carbonyl (C=O) groups excluding carboxylic acids is 1. The maximum atomic E-state index is 12.3. The molecule has 0 heterocycles. The van der Waals surface area contributed by atoms with Crippen molar-refractivity contribution in [3.05, 3.63) is 34.9 Å². The molecule has 2 atom stereocenters. The van der Waals surface area contributed by atoms with E-state index in [-0.39, 0.29) is 23.0 Å². The number of ketones is 1. The van der Waals surface area contributed by atoms with Gasteiger partial charge in [-0.3, -0.25) is 9.59 Å². The van der Waals surface area contributed by atoms with E-state index in [1.165, 1.54) is 11.1 Å². The molecule has 0 bridgehead atoms. The zero-order valence-electron chi connectivity index (χ0n) is 14.4. The van der Waals surface area contributed by atoms with Gasteiger partial charge in [0, 0.05) is 12.0 Å². The van der Waals surface area contributed by atoms with Gasteiger partial charge in [0.05, 0.1) is 5.92 Å². The van der Waals surface area contributed by atoms with Crippen molar-refractivity contribution < 1.29 is 14.7 Å². The minimum Gasteiger partial charge on any atom is -0.481 e. The van der Waals surface area contributed by atoms with E-state index in [4.69, 9.17) is 5.11 Å². The summed E-state index contributed by atoms with van der Waals surface area (Å²) in [7, 11) is 0. The molecule has 1 aromatic carbocycles. The molecule has 1 aliphatic carbocycles. The van der Waals surface area contributed by atoms with Crippen LogP contribution in [-0.4, -0.2) is 16.9 Å². The molecule has 0 aromatic heterocycles. The van der Waals surface area contributed by atoms with Crippen molar-refractivity contribution in [2.45, 2.75) is 58.8 Å². The van der Waals surface area contributed by atoms with Crippen LogP contribution >= 0.6 is 0 Å². The third-order valence-corrected chi connectivity index (χ3v) is 5.81. The molecule has 2 unspecified atom stereocenters. The molecule has 22 heavy (non-hydrogen) atoms. The highest BCUT2D eigenvalue weighted by molar-refractivity contribution is 5.98. The van der Waals surface area contributed by atoms with Crippen molar-refractivity contribution in [2.24, 2.45) is 11.8 Å². The van der Waals surface area contributed by atoms with E-state index >= 15 is 0 Å². The van der Waals surface area contributed by atoms with Crippen LogP contribution in [0.25, 0.3) is 0 Å². The summed E-state index contributed by atoms with van der Waals surface area (Å²) in [6.45, 7) is 12.8. The van der Waals surface area contributed by atoms with E-state index in [0.29, 0.717) is 11.5 Å². The molecule has 0 spiro atoms. The highest BCUT2D eigenvalue weighted by Gasteiger charge is 2.48. The zero-order chi connectivity index (χ0) is 16.9. The number of Topliss-reactive ketones (excluding diaryl/α,β-unsaturated/α-hetero) is 1. The average Bonchev–Trinajstić information content (AvgIpc) is 2.57. The summed E-state index contributed by atoms with van der Waals surface area (Å²) in [5.74, 6) is -1.20. The van der Waals surface area contributed by atoms with Crippen molar-refractivity contribution in [2.75, 3.05) is 0 Å². The molecule has 3 heteroatoms. The Morgan fingerprint density at radius 1 is 1.14 bits per heavy atom. The Balaban J connectivity index is 2.40. The Kier molecular flexibility index (Phi) is 3.97. The lowest BCUT2D eigenvalue weighted by Gasteiger charge is -2.32. The molecular weight excluding hydrogens is 276 g/mol. The lowest BCUT2D eigenvalue weighted by Crippen LogP contribution is -2.30. The van der Waals surface area contributed by atoms with Gasteiger partial charge in [0.25, 0.3) is 0 Å². The third-order valence-electron chi connectivity index (χ3n) is 5.81. The summed E-state index contributed by atoms with van der Waals surface area (Å²) < 4.78 is 0. The van der Waals surface area contributed by atoms with Gasteiger partial charge in [-0.05, 0) is 33.9 Å². The molecule has 120 valence electrons. The van der Waals surface area contributed by atoms with Gasteiger partial charge in [0.2, 0.25) is 0 Å². The number of hydrogen-bond donors (Lipinski definition) is 1. The third kappa shape index (κ3) is 2.47. The highest BCUT2D eigenvalue weighted by atomic mass is 16.4. The van der Waals surface area contributed by atoms with E-state index in [0.717, 1.165) is 0 Å². The monoisotopic (exact) mass is 302 g/mol. The van der Waals surface area contributed by atoms with E-state index in [1.54, 1.807) is 6.92 Å². The highest BCUT2D eigenvalue weighted by Crippen LogP contribution is 2.53. The molecule has 0 amide bonds. The normalized spacial score (nSPS) is 22.9. The Labute approximate surface area is 132 Å². The van der Waals surface area contributed by atoms with Crippen molar-refractivity contribution >= 4 is 11.8 Å². The Morgan fingerprint density at radius 3 is 2.23 bits per heavy atom. The van der Waals surface area contributed by atoms with Gasteiger partial charge in [0.1, 0.15) is 0 Å². The number of rotatable bonds is 4. The largest absolute Gasteiger partial charge is 0.481 e. The fourth-order valence-electron chi connectivity index (χ4n) is 3.66. The molecule has 2 rings (SSSR count). The predicted molar refractivity (Wildman–Crippen MR) is 87.4 cm³/mol. The van der Waals surface area contributed by atoms with Crippen molar-refractivity contribution in [1.29, 1.82) is 0 Å². The van der Waals surface area contributed by atoms with Gasteiger partial charge >= 0.3 is 5.97 Å². The first-order valence-electron chi connectivity index (χ1n) is 7.90. The van der Waals surface area contributed by atoms with Crippen LogP contribution in [0.15, 0.2) is 18.2 Å². The molecule has 1 aliphatic rings. The second-order valence-electron chi connectivity index (χ2n) is 7.79. The van der Waals surface area contributed by atoms with Gasteiger partial charge in [0.15, 0.2) is 5.78 Å². The maximum Gasteiger partial charge on any atom is 0.306 e. The van der Waals surface area contributed by atoms with Crippen LogP contribution in [0.5, 0.6) is 0 Å². The van der Waals surface area contributed by atoms with Crippen LogP contribution in [0.4, 0.5) is 0 Å². The topological polar surface area (TPSA) is 54.4 Å². The molecule has 0 fully saturated rings. The van der Waals surface area contributed by atoms with Crippen LogP contribution in [0.2, 0.25) is 0 Å².